The average molecular weight is 256 g/mol. The quantitative estimate of drug-likeness (QED) is 0.545. The standard InChI is InChI=1S/C11H16N2O3S/c1-11(17)8(14)12-10(16)13(9(11)15)7-5-3-2-4-6-7/h7,17H,2-6H2,1H3,(H,12,14,16). The van der Waals surface area contributed by atoms with Crippen molar-refractivity contribution in [2.24, 2.45) is 0 Å². The molecule has 1 saturated carbocycles. The number of hydrogen-bond acceptors (Lipinski definition) is 4. The molecular weight excluding hydrogens is 240 g/mol. The van der Waals surface area contributed by atoms with Gasteiger partial charge in [-0.15, -0.1) is 0 Å². The molecule has 2 fully saturated rings. The van der Waals surface area contributed by atoms with Crippen LogP contribution in [-0.2, 0) is 9.59 Å². The number of nitrogens with zero attached hydrogens (tertiary/aromatic N) is 1. The van der Waals surface area contributed by atoms with Crippen molar-refractivity contribution in [1.29, 1.82) is 0 Å². The maximum atomic E-state index is 12.1. The molecule has 1 aliphatic carbocycles. The third-order valence-corrected chi connectivity index (χ3v) is 3.85. The van der Waals surface area contributed by atoms with Crippen LogP contribution in [0.3, 0.4) is 0 Å². The Balaban J connectivity index is 2.23. The van der Waals surface area contributed by atoms with E-state index in [4.69, 9.17) is 0 Å². The lowest BCUT2D eigenvalue weighted by atomic mass is 9.92. The van der Waals surface area contributed by atoms with Gasteiger partial charge >= 0.3 is 6.03 Å². The fraction of sp³-hybridized carbons (Fsp3) is 0.727. The van der Waals surface area contributed by atoms with Crippen molar-refractivity contribution in [1.82, 2.24) is 10.2 Å². The van der Waals surface area contributed by atoms with E-state index in [0.29, 0.717) is 0 Å². The van der Waals surface area contributed by atoms with E-state index < -0.39 is 22.6 Å². The molecule has 1 heterocycles. The average Bonchev–Trinajstić information content (AvgIpc) is 2.28. The van der Waals surface area contributed by atoms with Gasteiger partial charge in [0.05, 0.1) is 0 Å². The van der Waals surface area contributed by atoms with E-state index in [9.17, 15) is 14.4 Å². The molecule has 94 valence electrons. The van der Waals surface area contributed by atoms with Crippen LogP contribution in [-0.4, -0.2) is 33.5 Å². The molecule has 1 aliphatic heterocycles. The van der Waals surface area contributed by atoms with Gasteiger partial charge in [0.25, 0.3) is 11.8 Å². The summed E-state index contributed by atoms with van der Waals surface area (Å²) in [5.74, 6) is -1.13. The van der Waals surface area contributed by atoms with E-state index in [0.717, 1.165) is 32.1 Å². The molecule has 1 atom stereocenters. The van der Waals surface area contributed by atoms with E-state index in [1.165, 1.54) is 11.8 Å². The van der Waals surface area contributed by atoms with Gasteiger partial charge < -0.3 is 0 Å². The van der Waals surface area contributed by atoms with Gasteiger partial charge in [0.15, 0.2) is 4.75 Å². The molecule has 6 heteroatoms. The lowest BCUT2D eigenvalue weighted by molar-refractivity contribution is -0.141. The fourth-order valence-electron chi connectivity index (χ4n) is 2.37. The molecular formula is C11H16N2O3S. The number of barbiturate groups is 1. The highest BCUT2D eigenvalue weighted by Crippen LogP contribution is 2.29. The van der Waals surface area contributed by atoms with Crippen LogP contribution in [0.1, 0.15) is 39.0 Å². The van der Waals surface area contributed by atoms with Crippen LogP contribution < -0.4 is 5.32 Å². The summed E-state index contributed by atoms with van der Waals surface area (Å²) in [4.78, 5) is 36.6. The topological polar surface area (TPSA) is 66.5 Å². The lowest BCUT2D eigenvalue weighted by Crippen LogP contribution is -2.66. The fourth-order valence-corrected chi connectivity index (χ4v) is 2.54. The summed E-state index contributed by atoms with van der Waals surface area (Å²) in [5, 5.41) is 2.20. The maximum Gasteiger partial charge on any atom is 0.331 e. The van der Waals surface area contributed by atoms with Gasteiger partial charge in [-0.2, -0.15) is 12.6 Å². The van der Waals surface area contributed by atoms with E-state index in [2.05, 4.69) is 17.9 Å². The van der Waals surface area contributed by atoms with E-state index in [-0.39, 0.29) is 6.04 Å². The Morgan fingerprint density at radius 1 is 1.24 bits per heavy atom. The highest BCUT2D eigenvalue weighted by Gasteiger charge is 2.50. The molecule has 0 aromatic carbocycles. The van der Waals surface area contributed by atoms with Gasteiger partial charge in [-0.1, -0.05) is 19.3 Å². The summed E-state index contributed by atoms with van der Waals surface area (Å²) in [5.41, 5.74) is 0. The minimum absolute atomic E-state index is 0.0872. The summed E-state index contributed by atoms with van der Waals surface area (Å²) in [7, 11) is 0. The molecule has 4 amide bonds. The third kappa shape index (κ3) is 2.06. The second kappa shape index (κ2) is 4.33. The van der Waals surface area contributed by atoms with Gasteiger partial charge in [-0.3, -0.25) is 19.8 Å². The Morgan fingerprint density at radius 3 is 2.41 bits per heavy atom. The Hall–Kier alpha value is -1.04. The van der Waals surface area contributed by atoms with Crippen molar-refractivity contribution in [2.75, 3.05) is 0 Å². The smallest absolute Gasteiger partial charge is 0.276 e. The number of rotatable bonds is 1. The van der Waals surface area contributed by atoms with Gasteiger partial charge in [-0.05, 0) is 19.8 Å². The minimum Gasteiger partial charge on any atom is -0.276 e. The zero-order valence-corrected chi connectivity index (χ0v) is 10.6. The molecule has 2 rings (SSSR count). The number of amides is 4. The number of urea groups is 1. The highest BCUT2D eigenvalue weighted by atomic mass is 32.1. The van der Waals surface area contributed by atoms with Crippen LogP contribution in [0.25, 0.3) is 0 Å². The van der Waals surface area contributed by atoms with Crippen LogP contribution in [0.2, 0.25) is 0 Å². The molecule has 0 aromatic rings. The van der Waals surface area contributed by atoms with Crippen LogP contribution in [0.5, 0.6) is 0 Å². The number of imide groups is 2. The van der Waals surface area contributed by atoms with Gasteiger partial charge in [-0.25, -0.2) is 4.79 Å². The van der Waals surface area contributed by atoms with Gasteiger partial charge in [0, 0.05) is 6.04 Å². The van der Waals surface area contributed by atoms with Crippen LogP contribution >= 0.6 is 12.6 Å². The van der Waals surface area contributed by atoms with Crippen molar-refractivity contribution in [3.05, 3.63) is 0 Å². The SMILES string of the molecule is CC1(S)C(=O)NC(=O)N(C2CCCCC2)C1=O. The molecule has 5 nitrogen and oxygen atoms in total. The molecule has 2 aliphatic rings. The molecule has 0 spiro atoms. The minimum atomic E-state index is -1.44. The summed E-state index contributed by atoms with van der Waals surface area (Å²) < 4.78 is -1.44. The van der Waals surface area contributed by atoms with Crippen molar-refractivity contribution in [2.45, 2.75) is 49.8 Å². The largest absolute Gasteiger partial charge is 0.331 e. The van der Waals surface area contributed by atoms with Gasteiger partial charge in [0.1, 0.15) is 0 Å². The zero-order valence-electron chi connectivity index (χ0n) is 9.73. The van der Waals surface area contributed by atoms with Crippen molar-refractivity contribution >= 4 is 30.5 Å². The highest BCUT2D eigenvalue weighted by molar-refractivity contribution is 7.83. The first-order chi connectivity index (χ1) is 7.94. The second-order valence-corrected chi connectivity index (χ2v) is 5.69. The van der Waals surface area contributed by atoms with Crippen molar-refractivity contribution in [3.8, 4) is 0 Å². The summed E-state index contributed by atoms with van der Waals surface area (Å²) in [6.45, 7) is 1.43. The lowest BCUT2D eigenvalue weighted by Gasteiger charge is -2.39. The predicted molar refractivity (Wildman–Crippen MR) is 64.6 cm³/mol. The number of carbonyl (C=O) groups is 3. The molecule has 1 N–H and O–H groups in total. The molecule has 17 heavy (non-hydrogen) atoms. The summed E-state index contributed by atoms with van der Waals surface area (Å²) in [6.07, 6.45) is 4.80. The maximum absolute atomic E-state index is 12.1. The molecule has 1 saturated heterocycles. The Kier molecular flexibility index (Phi) is 3.16. The monoisotopic (exact) mass is 256 g/mol. The molecule has 0 aromatic heterocycles. The Bertz CT molecular complexity index is 375. The zero-order chi connectivity index (χ0) is 12.6. The predicted octanol–water partition coefficient (Wildman–Crippen LogP) is 1.09. The van der Waals surface area contributed by atoms with Gasteiger partial charge in [0.2, 0.25) is 0 Å². The van der Waals surface area contributed by atoms with E-state index in [1.54, 1.807) is 0 Å². The number of carbonyl (C=O) groups excluding carboxylic acids is 3. The van der Waals surface area contributed by atoms with Crippen LogP contribution in [0.15, 0.2) is 0 Å². The first kappa shape index (κ1) is 12.4. The molecule has 1 unspecified atom stereocenters. The third-order valence-electron chi connectivity index (χ3n) is 3.46. The first-order valence-corrected chi connectivity index (χ1v) is 6.31. The molecule has 0 radical (unpaired) electrons. The summed E-state index contributed by atoms with van der Waals surface area (Å²) >= 11 is 4.07. The Labute approximate surface area is 105 Å². The number of hydrogen-bond donors (Lipinski definition) is 2. The molecule has 0 bridgehead atoms. The van der Waals surface area contributed by atoms with E-state index >= 15 is 0 Å². The van der Waals surface area contributed by atoms with Crippen LogP contribution in [0, 0.1) is 0 Å². The number of thiol groups is 1. The Morgan fingerprint density at radius 2 is 1.82 bits per heavy atom. The summed E-state index contributed by atoms with van der Waals surface area (Å²) in [6, 6.07) is -0.686. The van der Waals surface area contributed by atoms with Crippen LogP contribution in [0.4, 0.5) is 4.79 Å². The second-order valence-electron chi connectivity index (χ2n) is 4.80. The first-order valence-electron chi connectivity index (χ1n) is 5.86. The normalized spacial score (nSPS) is 31.6. The van der Waals surface area contributed by atoms with Crippen molar-refractivity contribution in [3.63, 3.8) is 0 Å². The van der Waals surface area contributed by atoms with Crippen molar-refractivity contribution < 1.29 is 14.4 Å². The van der Waals surface area contributed by atoms with E-state index in [1.807, 2.05) is 0 Å². The number of nitrogens with one attached hydrogen (secondary N) is 1.